The Bertz CT molecular complexity index is 1170. The fourth-order valence-corrected chi connectivity index (χ4v) is 5.11. The van der Waals surface area contributed by atoms with Gasteiger partial charge in [0.1, 0.15) is 18.1 Å². The van der Waals surface area contributed by atoms with Crippen molar-refractivity contribution in [3.05, 3.63) is 23.9 Å². The van der Waals surface area contributed by atoms with Crippen molar-refractivity contribution in [2.24, 2.45) is 0 Å². The summed E-state index contributed by atoms with van der Waals surface area (Å²) in [5, 5.41) is 31.0. The summed E-state index contributed by atoms with van der Waals surface area (Å²) in [5.41, 5.74) is 0.792. The van der Waals surface area contributed by atoms with E-state index in [0.29, 0.717) is 24.0 Å². The van der Waals surface area contributed by atoms with E-state index in [1.165, 1.54) is 31.5 Å². The first kappa shape index (κ1) is 40.2. The lowest BCUT2D eigenvalue weighted by atomic mass is 9.84. The van der Waals surface area contributed by atoms with Crippen LogP contribution in [0.2, 0.25) is 20.5 Å². The molecule has 3 fully saturated rings. The van der Waals surface area contributed by atoms with Crippen molar-refractivity contribution in [1.82, 2.24) is 19.7 Å². The van der Waals surface area contributed by atoms with Crippen LogP contribution in [-0.2, 0) is 43.0 Å². The third-order valence-electron chi connectivity index (χ3n) is 7.03. The third-order valence-corrected chi connectivity index (χ3v) is 7.03. The molecule has 0 unspecified atom stereocenters. The summed E-state index contributed by atoms with van der Waals surface area (Å²) in [6.07, 6.45) is 2.75. The lowest BCUT2D eigenvalue weighted by molar-refractivity contribution is -0.149. The second-order valence-corrected chi connectivity index (χ2v) is 10.4. The highest BCUT2D eigenvalue weighted by molar-refractivity contribution is 6.51. The minimum Gasteiger partial charge on any atom is -0.464 e. The highest BCUT2D eigenvalue weighted by atomic mass is 16.5. The number of ether oxygens (including phenoxy) is 3. The fraction of sp³-hybridized carbons (Fsp3) is 0.630. The van der Waals surface area contributed by atoms with E-state index in [1.54, 1.807) is 27.8 Å². The third kappa shape index (κ3) is 10.4. The molecule has 3 aliphatic rings. The number of rotatable bonds is 10. The van der Waals surface area contributed by atoms with Gasteiger partial charge in [-0.1, -0.05) is 6.58 Å². The van der Waals surface area contributed by atoms with Gasteiger partial charge in [0.05, 0.1) is 19.8 Å². The van der Waals surface area contributed by atoms with Gasteiger partial charge >= 0.3 is 39.1 Å². The van der Waals surface area contributed by atoms with E-state index in [1.807, 2.05) is 0 Å². The van der Waals surface area contributed by atoms with Gasteiger partial charge in [0.25, 0.3) is 0 Å². The molecule has 0 aromatic carbocycles. The van der Waals surface area contributed by atoms with Crippen LogP contribution in [0.3, 0.4) is 0 Å². The molecule has 16 nitrogen and oxygen atoms in total. The number of nitrogens with one attached hydrogen (secondary N) is 1. The quantitative estimate of drug-likeness (QED) is 0.0952. The number of esters is 3. The Balaban J connectivity index is 0.000000347. The van der Waals surface area contributed by atoms with Crippen LogP contribution in [0.25, 0.3) is 0 Å². The average Bonchev–Trinajstić information content (AvgIpc) is 3.63. The van der Waals surface area contributed by atoms with Gasteiger partial charge in [0, 0.05) is 43.7 Å². The normalized spacial score (nSPS) is 21.3. The largest absolute Gasteiger partial charge is 0.464 e. The molecule has 0 aromatic rings. The molecule has 254 valence electrons. The molecule has 3 amide bonds. The molecule has 19 heteroatoms. The molecule has 0 bridgehead atoms. The highest BCUT2D eigenvalue weighted by Crippen LogP contribution is 2.26. The van der Waals surface area contributed by atoms with Crippen LogP contribution in [0.5, 0.6) is 0 Å². The zero-order valence-corrected chi connectivity index (χ0v) is 27.6. The second kappa shape index (κ2) is 19.0. The van der Waals surface area contributed by atoms with Gasteiger partial charge in [0.2, 0.25) is 17.7 Å². The first-order valence-corrected chi connectivity index (χ1v) is 15.1. The molecular weight excluding hydrogens is 605 g/mol. The molecular formula is C27H45B3N4O12. The number of carbonyl (C=O) groups excluding carboxylic acids is 6. The SMILES string of the molecule is C=C1C[C@H](C(=O)OCC)N(B(C)O)C1=O.CCOC(=O)[C@H]1C/C(=C\NC)C(=O)N1B(C)O.CCOC(=O)[C@H]1CCC(=O)N1B(C)O. The molecule has 3 heterocycles. The first-order valence-electron chi connectivity index (χ1n) is 15.1. The molecule has 3 rings (SSSR count). The monoisotopic (exact) mass is 650 g/mol. The van der Waals surface area contributed by atoms with E-state index >= 15 is 0 Å². The second-order valence-electron chi connectivity index (χ2n) is 10.4. The zero-order valence-electron chi connectivity index (χ0n) is 27.6. The van der Waals surface area contributed by atoms with E-state index < -0.39 is 57.2 Å². The van der Waals surface area contributed by atoms with Gasteiger partial charge in [0.15, 0.2) is 0 Å². The maximum Gasteiger partial charge on any atom is 0.412 e. The summed E-state index contributed by atoms with van der Waals surface area (Å²) in [4.78, 5) is 72.7. The van der Waals surface area contributed by atoms with Gasteiger partial charge in [-0.2, -0.15) is 0 Å². The minimum absolute atomic E-state index is 0.196. The van der Waals surface area contributed by atoms with Crippen LogP contribution in [0, 0.1) is 0 Å². The molecule has 3 atom stereocenters. The Labute approximate surface area is 270 Å². The predicted molar refractivity (Wildman–Crippen MR) is 168 cm³/mol. The van der Waals surface area contributed by atoms with E-state index in [2.05, 4.69) is 11.9 Å². The summed E-state index contributed by atoms with van der Waals surface area (Å²) in [7, 11) is -1.28. The number of amides is 3. The van der Waals surface area contributed by atoms with E-state index in [-0.39, 0.29) is 50.4 Å². The predicted octanol–water partition coefficient (Wildman–Crippen LogP) is -1.17. The molecule has 0 spiro atoms. The minimum atomic E-state index is -1.01. The summed E-state index contributed by atoms with van der Waals surface area (Å²) in [6.45, 7) is 13.8. The highest BCUT2D eigenvalue weighted by Gasteiger charge is 2.45. The van der Waals surface area contributed by atoms with Crippen molar-refractivity contribution in [3.8, 4) is 0 Å². The van der Waals surface area contributed by atoms with Crippen LogP contribution in [-0.4, -0.2) is 131 Å². The first-order chi connectivity index (χ1) is 21.6. The standard InChI is InChI=1S/C10H17BN2O4.C9H14BNO4.C8H14BNO4/c1-4-17-10(15)8-5-7(6-12-3)9(14)13(8)11(2)16;1-4-15-9(13)7-5-6(2)8(12)11(7)10(3)14;1-3-14-8(12)6-4-5-7(11)10(6)9(2)13/h6,8,12,16H,4-5H2,1-3H3;7,14H,2,4-5H2,1,3H3;6,13H,3-5H2,1-2H3/b7-6+;;/t8-;7-;6-/m111/s1. The molecule has 3 saturated heterocycles. The van der Waals surface area contributed by atoms with Crippen LogP contribution < -0.4 is 5.32 Å². The van der Waals surface area contributed by atoms with Crippen LogP contribution in [0.15, 0.2) is 23.9 Å². The topological polar surface area (TPSA) is 213 Å². The molecule has 4 N–H and O–H groups in total. The lowest BCUT2D eigenvalue weighted by Gasteiger charge is -2.23. The lowest BCUT2D eigenvalue weighted by Crippen LogP contribution is -2.47. The maximum absolute atomic E-state index is 11.9. The Morgan fingerprint density at radius 2 is 1.20 bits per heavy atom. The molecule has 0 radical (unpaired) electrons. The van der Waals surface area contributed by atoms with Gasteiger partial charge in [-0.3, -0.25) is 14.4 Å². The maximum atomic E-state index is 11.9. The van der Waals surface area contributed by atoms with Crippen molar-refractivity contribution < 1.29 is 58.0 Å². The summed E-state index contributed by atoms with van der Waals surface area (Å²) in [6, 6.07) is -2.07. The number of hydrogen-bond donors (Lipinski definition) is 4. The van der Waals surface area contributed by atoms with Crippen LogP contribution >= 0.6 is 0 Å². The Hall–Kier alpha value is -3.83. The molecule has 3 aliphatic heterocycles. The number of hydrogen-bond acceptors (Lipinski definition) is 13. The van der Waals surface area contributed by atoms with Crippen LogP contribution in [0.4, 0.5) is 0 Å². The van der Waals surface area contributed by atoms with Crippen molar-refractivity contribution in [3.63, 3.8) is 0 Å². The van der Waals surface area contributed by atoms with Crippen molar-refractivity contribution in [1.29, 1.82) is 0 Å². The van der Waals surface area contributed by atoms with Crippen molar-refractivity contribution in [2.45, 2.75) is 85.0 Å². The fourth-order valence-electron chi connectivity index (χ4n) is 5.11. The van der Waals surface area contributed by atoms with Crippen molar-refractivity contribution in [2.75, 3.05) is 26.9 Å². The van der Waals surface area contributed by atoms with Crippen LogP contribution in [0.1, 0.15) is 46.5 Å². The number of carbonyl (C=O) groups is 6. The van der Waals surface area contributed by atoms with E-state index in [9.17, 15) is 43.8 Å². The van der Waals surface area contributed by atoms with Gasteiger partial charge in [-0.25, -0.2) is 14.4 Å². The van der Waals surface area contributed by atoms with Crippen molar-refractivity contribution >= 4 is 56.8 Å². The molecule has 46 heavy (non-hydrogen) atoms. The average molecular weight is 650 g/mol. The Morgan fingerprint density at radius 3 is 1.61 bits per heavy atom. The van der Waals surface area contributed by atoms with E-state index in [4.69, 9.17) is 14.2 Å². The summed E-state index contributed by atoms with van der Waals surface area (Å²) >= 11 is 0. The Morgan fingerprint density at radius 1 is 0.783 bits per heavy atom. The van der Waals surface area contributed by atoms with E-state index in [0.717, 1.165) is 9.62 Å². The molecule has 0 aromatic heterocycles. The smallest absolute Gasteiger partial charge is 0.412 e. The van der Waals surface area contributed by atoms with Gasteiger partial charge in [-0.05, 0) is 47.7 Å². The van der Waals surface area contributed by atoms with Gasteiger partial charge < -0.3 is 49.0 Å². The molecule has 0 saturated carbocycles. The zero-order chi connectivity index (χ0) is 35.3. The molecule has 0 aliphatic carbocycles. The summed E-state index contributed by atoms with van der Waals surface area (Å²) in [5.74, 6) is -2.33. The number of nitrogens with zero attached hydrogens (tertiary/aromatic N) is 3. The van der Waals surface area contributed by atoms with Gasteiger partial charge in [-0.15, -0.1) is 0 Å². The Kier molecular flexibility index (Phi) is 16.6. The summed E-state index contributed by atoms with van der Waals surface area (Å²) < 4.78 is 14.5.